The molecular weight excluding hydrogens is 342 g/mol. The Hall–Kier alpha value is -2.45. The van der Waals surface area contributed by atoms with Gasteiger partial charge in [0.1, 0.15) is 5.75 Å². The Morgan fingerprint density at radius 3 is 2.23 bits per heavy atom. The molecule has 3 heteroatoms. The van der Waals surface area contributed by atoms with E-state index in [-0.39, 0.29) is 6.23 Å². The molecule has 0 radical (unpaired) electrons. The van der Waals surface area contributed by atoms with Gasteiger partial charge in [0.05, 0.1) is 0 Å². The number of nitrogens with zero attached hydrogens (tertiary/aromatic N) is 1. The van der Waals surface area contributed by atoms with Gasteiger partial charge in [0.2, 0.25) is 0 Å². The summed E-state index contributed by atoms with van der Waals surface area (Å²) in [7, 11) is 0. The van der Waals surface area contributed by atoms with Crippen LogP contribution in [0.1, 0.15) is 25.0 Å². The Kier molecular flexibility index (Phi) is 6.19. The van der Waals surface area contributed by atoms with E-state index >= 15 is 0 Å². The first-order chi connectivity index (χ1) is 12.7. The van der Waals surface area contributed by atoms with Crippen LogP contribution in [-0.4, -0.2) is 12.8 Å². The van der Waals surface area contributed by atoms with Gasteiger partial charge in [0, 0.05) is 17.3 Å². The Morgan fingerprint density at radius 2 is 1.58 bits per heavy atom. The van der Waals surface area contributed by atoms with Gasteiger partial charge in [-0.15, -0.1) is 0 Å². The van der Waals surface area contributed by atoms with Crippen molar-refractivity contribution < 1.29 is 4.74 Å². The van der Waals surface area contributed by atoms with Gasteiger partial charge in [-0.1, -0.05) is 60.1 Å². The third-order valence-corrected chi connectivity index (χ3v) is 4.64. The fraction of sp³-hybridized carbons (Fsp3) is 0.217. The summed E-state index contributed by atoms with van der Waals surface area (Å²) in [5, 5.41) is 0.735. The molecule has 1 unspecified atom stereocenters. The normalized spacial score (nSPS) is 11.8. The second kappa shape index (κ2) is 8.77. The average Bonchev–Trinajstić information content (AvgIpc) is 2.65. The summed E-state index contributed by atoms with van der Waals surface area (Å²) in [6.07, 6.45) is 0.846. The van der Waals surface area contributed by atoms with Gasteiger partial charge in [-0.25, -0.2) is 0 Å². The van der Waals surface area contributed by atoms with Crippen LogP contribution in [0.25, 0.3) is 0 Å². The smallest absolute Gasteiger partial charge is 0.169 e. The lowest BCUT2D eigenvalue weighted by Crippen LogP contribution is -2.37. The zero-order chi connectivity index (χ0) is 18.4. The molecule has 0 aliphatic rings. The van der Waals surface area contributed by atoms with E-state index in [4.69, 9.17) is 16.3 Å². The zero-order valence-corrected chi connectivity index (χ0v) is 16.0. The third kappa shape index (κ3) is 4.80. The molecule has 0 heterocycles. The third-order valence-electron chi connectivity index (χ3n) is 4.40. The summed E-state index contributed by atoms with van der Waals surface area (Å²) in [6, 6.07) is 26.7. The SMILES string of the molecule is CCN(c1cccc(Cl)c1)C(C)Oc1ccc(Cc2ccccc2)cc1. The highest BCUT2D eigenvalue weighted by Crippen LogP contribution is 2.23. The molecule has 0 bridgehead atoms. The lowest BCUT2D eigenvalue weighted by atomic mass is 10.1. The molecule has 3 rings (SSSR count). The van der Waals surface area contributed by atoms with E-state index in [1.54, 1.807) is 0 Å². The molecule has 0 saturated carbocycles. The first kappa shape index (κ1) is 18.3. The number of ether oxygens (including phenoxy) is 1. The van der Waals surface area contributed by atoms with Crippen LogP contribution in [0, 0.1) is 0 Å². The first-order valence-corrected chi connectivity index (χ1v) is 9.35. The molecule has 0 aliphatic carbocycles. The summed E-state index contributed by atoms with van der Waals surface area (Å²) in [4.78, 5) is 2.18. The molecule has 0 aromatic heterocycles. The molecule has 2 nitrogen and oxygen atoms in total. The predicted molar refractivity (Wildman–Crippen MR) is 110 cm³/mol. The van der Waals surface area contributed by atoms with Gasteiger partial charge in [-0.05, 0) is 61.7 Å². The fourth-order valence-corrected chi connectivity index (χ4v) is 3.27. The second-order valence-electron chi connectivity index (χ2n) is 6.29. The van der Waals surface area contributed by atoms with Gasteiger partial charge in [-0.3, -0.25) is 0 Å². The minimum atomic E-state index is -0.0848. The summed E-state index contributed by atoms with van der Waals surface area (Å²) >= 11 is 6.13. The zero-order valence-electron chi connectivity index (χ0n) is 15.2. The largest absolute Gasteiger partial charge is 0.471 e. The molecule has 26 heavy (non-hydrogen) atoms. The summed E-state index contributed by atoms with van der Waals surface area (Å²) in [5.41, 5.74) is 3.65. The second-order valence-corrected chi connectivity index (χ2v) is 6.73. The van der Waals surface area contributed by atoms with Crippen LogP contribution in [0.2, 0.25) is 5.02 Å². The topological polar surface area (TPSA) is 12.5 Å². The van der Waals surface area contributed by atoms with E-state index in [1.165, 1.54) is 11.1 Å². The van der Waals surface area contributed by atoms with Gasteiger partial charge in [0.25, 0.3) is 0 Å². The predicted octanol–water partition coefficient (Wildman–Crippen LogP) is 6.18. The van der Waals surface area contributed by atoms with Crippen molar-refractivity contribution in [2.24, 2.45) is 0 Å². The Morgan fingerprint density at radius 1 is 0.885 bits per heavy atom. The van der Waals surface area contributed by atoms with Crippen LogP contribution in [0.5, 0.6) is 5.75 Å². The van der Waals surface area contributed by atoms with E-state index in [1.807, 2.05) is 36.4 Å². The molecule has 0 N–H and O–H groups in total. The number of halogens is 1. The quantitative estimate of drug-likeness (QED) is 0.463. The van der Waals surface area contributed by atoms with Crippen molar-refractivity contribution in [1.29, 1.82) is 0 Å². The standard InChI is InChI=1S/C23H24ClNO/c1-3-25(22-11-7-10-21(24)17-22)18(2)26-23-14-12-20(13-15-23)16-19-8-5-4-6-9-19/h4-15,17-18H,3,16H2,1-2H3. The Bertz CT molecular complexity index is 817. The van der Waals surface area contributed by atoms with Crippen molar-refractivity contribution >= 4 is 17.3 Å². The molecule has 3 aromatic carbocycles. The van der Waals surface area contributed by atoms with Crippen LogP contribution < -0.4 is 9.64 Å². The van der Waals surface area contributed by atoms with E-state index < -0.39 is 0 Å². The summed E-state index contributed by atoms with van der Waals surface area (Å²) < 4.78 is 6.15. The maximum absolute atomic E-state index is 6.15. The molecule has 0 amide bonds. The van der Waals surface area contributed by atoms with Crippen LogP contribution in [-0.2, 0) is 6.42 Å². The highest BCUT2D eigenvalue weighted by Gasteiger charge is 2.14. The van der Waals surface area contributed by atoms with Crippen molar-refractivity contribution in [3.8, 4) is 5.75 Å². The molecule has 1 atom stereocenters. The maximum Gasteiger partial charge on any atom is 0.169 e. The van der Waals surface area contributed by atoms with Gasteiger partial charge in [-0.2, -0.15) is 0 Å². The Labute approximate surface area is 161 Å². The molecule has 134 valence electrons. The number of hydrogen-bond acceptors (Lipinski definition) is 2. The highest BCUT2D eigenvalue weighted by molar-refractivity contribution is 6.30. The summed E-state index contributed by atoms with van der Waals surface area (Å²) in [6.45, 7) is 5.01. The minimum absolute atomic E-state index is 0.0848. The van der Waals surface area contributed by atoms with Crippen molar-refractivity contribution in [3.05, 3.63) is 95.0 Å². The maximum atomic E-state index is 6.15. The van der Waals surface area contributed by atoms with Crippen LogP contribution in [0.4, 0.5) is 5.69 Å². The Balaban J connectivity index is 1.66. The van der Waals surface area contributed by atoms with Crippen molar-refractivity contribution in [1.82, 2.24) is 0 Å². The number of hydrogen-bond donors (Lipinski definition) is 0. The van der Waals surface area contributed by atoms with E-state index in [2.05, 4.69) is 61.2 Å². The average molecular weight is 366 g/mol. The fourth-order valence-electron chi connectivity index (χ4n) is 3.08. The van der Waals surface area contributed by atoms with Gasteiger partial charge < -0.3 is 9.64 Å². The molecular formula is C23H24ClNO. The lowest BCUT2D eigenvalue weighted by molar-refractivity contribution is 0.216. The lowest BCUT2D eigenvalue weighted by Gasteiger charge is -2.30. The molecule has 0 aliphatic heterocycles. The molecule has 0 spiro atoms. The van der Waals surface area contributed by atoms with E-state index in [0.29, 0.717) is 0 Å². The van der Waals surface area contributed by atoms with Crippen molar-refractivity contribution in [2.45, 2.75) is 26.5 Å². The van der Waals surface area contributed by atoms with E-state index in [0.717, 1.165) is 29.4 Å². The molecule has 0 fully saturated rings. The number of benzene rings is 3. The van der Waals surface area contributed by atoms with E-state index in [9.17, 15) is 0 Å². The van der Waals surface area contributed by atoms with Crippen LogP contribution in [0.15, 0.2) is 78.9 Å². The van der Waals surface area contributed by atoms with Crippen LogP contribution >= 0.6 is 11.6 Å². The number of rotatable bonds is 7. The monoisotopic (exact) mass is 365 g/mol. The van der Waals surface area contributed by atoms with Crippen LogP contribution in [0.3, 0.4) is 0 Å². The van der Waals surface area contributed by atoms with Gasteiger partial charge >= 0.3 is 0 Å². The molecule has 0 saturated heterocycles. The highest BCUT2D eigenvalue weighted by atomic mass is 35.5. The van der Waals surface area contributed by atoms with Crippen molar-refractivity contribution in [2.75, 3.05) is 11.4 Å². The first-order valence-electron chi connectivity index (χ1n) is 8.97. The van der Waals surface area contributed by atoms with Crippen molar-refractivity contribution in [3.63, 3.8) is 0 Å². The number of anilines is 1. The minimum Gasteiger partial charge on any atom is -0.471 e. The van der Waals surface area contributed by atoms with Gasteiger partial charge in [0.15, 0.2) is 6.23 Å². The molecule has 3 aromatic rings. The summed E-state index contributed by atoms with van der Waals surface area (Å²) in [5.74, 6) is 0.870.